The maximum absolute atomic E-state index is 13.7. The van der Waals surface area contributed by atoms with Gasteiger partial charge in [0.2, 0.25) is 15.9 Å². The predicted octanol–water partition coefficient (Wildman–Crippen LogP) is 5.77. The van der Waals surface area contributed by atoms with Crippen LogP contribution in [0.3, 0.4) is 0 Å². The van der Waals surface area contributed by atoms with Crippen molar-refractivity contribution in [3.8, 4) is 0 Å². The minimum Gasteiger partial charge on any atom is -0.377 e. The minimum absolute atomic E-state index is 0.0417. The second-order valence-electron chi connectivity index (χ2n) is 9.70. The fraction of sp³-hybridized carbons (Fsp3) is 0.500. The summed E-state index contributed by atoms with van der Waals surface area (Å²) in [5, 5.41) is 3.43. The lowest BCUT2D eigenvalue weighted by Gasteiger charge is -2.32. The van der Waals surface area contributed by atoms with E-state index in [2.05, 4.69) is 5.32 Å². The van der Waals surface area contributed by atoms with Crippen molar-refractivity contribution in [2.24, 2.45) is 11.8 Å². The summed E-state index contributed by atoms with van der Waals surface area (Å²) >= 11 is 6.12. The lowest BCUT2D eigenvalue weighted by Crippen LogP contribution is -2.41. The number of hydrogen-bond donors (Lipinski definition) is 1. The molecule has 6 nitrogen and oxygen atoms in total. The molecule has 1 aliphatic rings. The zero-order valence-electron chi connectivity index (χ0n) is 20.7. The number of halogens is 1. The number of carbonyl (C=O) groups excluding carboxylic acids is 1. The Kier molecular flexibility index (Phi) is 8.66. The molecule has 0 aliphatic heterocycles. The summed E-state index contributed by atoms with van der Waals surface area (Å²) in [7, 11) is 0.0413. The molecule has 1 saturated carbocycles. The van der Waals surface area contributed by atoms with Gasteiger partial charge in [0.1, 0.15) is 0 Å². The Morgan fingerprint density at radius 1 is 1.09 bits per heavy atom. The van der Waals surface area contributed by atoms with Crippen molar-refractivity contribution in [3.05, 3.63) is 53.1 Å². The summed E-state index contributed by atoms with van der Waals surface area (Å²) in [6.45, 7) is 6.12. The second-order valence-corrected chi connectivity index (χ2v) is 12.0. The topological polar surface area (TPSA) is 69.7 Å². The van der Waals surface area contributed by atoms with Gasteiger partial charge in [0.05, 0.1) is 4.90 Å². The Morgan fingerprint density at radius 2 is 1.76 bits per heavy atom. The number of hydrogen-bond acceptors (Lipinski definition) is 4. The van der Waals surface area contributed by atoms with Gasteiger partial charge in [-0.2, -0.15) is 4.31 Å². The summed E-state index contributed by atoms with van der Waals surface area (Å²) < 4.78 is 29.0. The molecule has 0 heterocycles. The van der Waals surface area contributed by atoms with Crippen molar-refractivity contribution < 1.29 is 13.2 Å². The van der Waals surface area contributed by atoms with Crippen LogP contribution >= 0.6 is 11.6 Å². The molecule has 0 radical (unpaired) electrons. The van der Waals surface area contributed by atoms with Gasteiger partial charge in [0, 0.05) is 49.0 Å². The van der Waals surface area contributed by atoms with Crippen molar-refractivity contribution in [1.29, 1.82) is 0 Å². The number of amides is 1. The first-order chi connectivity index (χ1) is 16.0. The molecule has 186 valence electrons. The van der Waals surface area contributed by atoms with Crippen LogP contribution in [0.15, 0.2) is 47.4 Å². The molecule has 0 spiro atoms. The van der Waals surface area contributed by atoms with Gasteiger partial charge < -0.3 is 10.2 Å². The van der Waals surface area contributed by atoms with E-state index < -0.39 is 10.0 Å². The minimum atomic E-state index is -3.81. The highest BCUT2D eigenvalue weighted by Crippen LogP contribution is 2.31. The first-order valence-electron chi connectivity index (χ1n) is 11.9. The van der Waals surface area contributed by atoms with Crippen LogP contribution < -0.4 is 10.2 Å². The number of carbonyl (C=O) groups is 1. The monoisotopic (exact) mass is 505 g/mol. The highest BCUT2D eigenvalue weighted by molar-refractivity contribution is 7.89. The molecular formula is C26H36ClN3O3S. The van der Waals surface area contributed by atoms with E-state index >= 15 is 0 Å². The van der Waals surface area contributed by atoms with Crippen LogP contribution in [-0.2, 0) is 21.4 Å². The van der Waals surface area contributed by atoms with E-state index in [1.165, 1.54) is 10.4 Å². The van der Waals surface area contributed by atoms with Gasteiger partial charge in [0.25, 0.3) is 0 Å². The molecule has 0 unspecified atom stereocenters. The molecule has 2 aromatic carbocycles. The van der Waals surface area contributed by atoms with Gasteiger partial charge in [-0.15, -0.1) is 0 Å². The second kappa shape index (κ2) is 11.1. The molecule has 1 N–H and O–H groups in total. The van der Waals surface area contributed by atoms with Gasteiger partial charge in [-0.1, -0.05) is 44.4 Å². The van der Waals surface area contributed by atoms with E-state index in [0.717, 1.165) is 36.9 Å². The molecule has 34 heavy (non-hydrogen) atoms. The average molecular weight is 506 g/mol. The number of anilines is 2. The largest absolute Gasteiger partial charge is 0.377 e. The Hall–Kier alpha value is -2.09. The fourth-order valence-electron chi connectivity index (χ4n) is 4.37. The van der Waals surface area contributed by atoms with Crippen LogP contribution in [0.4, 0.5) is 11.4 Å². The summed E-state index contributed by atoms with van der Waals surface area (Å²) in [6.07, 6.45) is 4.02. The maximum Gasteiger partial charge on any atom is 0.243 e. The highest BCUT2D eigenvalue weighted by Gasteiger charge is 2.32. The summed E-state index contributed by atoms with van der Waals surface area (Å²) in [4.78, 5) is 14.8. The number of nitrogens with zero attached hydrogens (tertiary/aromatic N) is 2. The molecule has 0 aromatic heterocycles. The van der Waals surface area contributed by atoms with Crippen LogP contribution in [0.1, 0.15) is 52.0 Å². The van der Waals surface area contributed by atoms with Crippen molar-refractivity contribution in [1.82, 2.24) is 4.31 Å². The third-order valence-electron chi connectivity index (χ3n) is 6.70. The van der Waals surface area contributed by atoms with Gasteiger partial charge in [0.15, 0.2) is 0 Å². The third-order valence-corrected chi connectivity index (χ3v) is 8.87. The third kappa shape index (κ3) is 6.12. The summed E-state index contributed by atoms with van der Waals surface area (Å²) in [5.41, 5.74) is 2.42. The summed E-state index contributed by atoms with van der Waals surface area (Å²) in [6, 6.07) is 11.8. The average Bonchev–Trinajstić information content (AvgIpc) is 3.32. The van der Waals surface area contributed by atoms with Crippen LogP contribution in [0, 0.1) is 11.8 Å². The Labute approximate surface area is 209 Å². The molecule has 1 atom stereocenters. The quantitative estimate of drug-likeness (QED) is 0.469. The first-order valence-corrected chi connectivity index (χ1v) is 13.7. The van der Waals surface area contributed by atoms with E-state index in [4.69, 9.17) is 11.6 Å². The highest BCUT2D eigenvalue weighted by atomic mass is 35.5. The van der Waals surface area contributed by atoms with E-state index in [0.29, 0.717) is 10.7 Å². The Morgan fingerprint density at radius 3 is 2.35 bits per heavy atom. The number of sulfonamides is 1. The molecule has 1 fully saturated rings. The molecule has 1 amide bonds. The van der Waals surface area contributed by atoms with Crippen LogP contribution in [0.2, 0.25) is 5.02 Å². The van der Waals surface area contributed by atoms with Crippen LogP contribution in [-0.4, -0.2) is 38.8 Å². The van der Waals surface area contributed by atoms with Crippen molar-refractivity contribution in [2.45, 2.75) is 63.9 Å². The van der Waals surface area contributed by atoms with Crippen molar-refractivity contribution in [3.63, 3.8) is 0 Å². The maximum atomic E-state index is 13.7. The normalized spacial score (nSPS) is 15.6. The molecular weight excluding hydrogens is 470 g/mol. The number of nitrogens with one attached hydrogen (secondary N) is 1. The van der Waals surface area contributed by atoms with Gasteiger partial charge in [-0.3, -0.25) is 4.79 Å². The van der Waals surface area contributed by atoms with Gasteiger partial charge >= 0.3 is 0 Å². The summed E-state index contributed by atoms with van der Waals surface area (Å²) in [5.74, 6) is 0.194. The lowest BCUT2D eigenvalue weighted by atomic mass is 10.0. The standard InChI is InChI=1S/C26H36ClN3O3S/c1-18(2)19(3)30(34(32,33)24-12-8-11-22(27)16-24)17-21-15-23(13-14-25(21)29(4)5)28-26(31)20-9-6-7-10-20/h8,11-16,18-20H,6-7,9-10,17H2,1-5H3,(H,28,31)/t19-/m1/s1. The lowest BCUT2D eigenvalue weighted by molar-refractivity contribution is -0.119. The zero-order valence-corrected chi connectivity index (χ0v) is 22.3. The van der Waals surface area contributed by atoms with Gasteiger partial charge in [-0.25, -0.2) is 8.42 Å². The van der Waals surface area contributed by atoms with E-state index in [9.17, 15) is 13.2 Å². The number of benzene rings is 2. The zero-order chi connectivity index (χ0) is 25.0. The predicted molar refractivity (Wildman–Crippen MR) is 140 cm³/mol. The van der Waals surface area contributed by atoms with Crippen LogP contribution in [0.5, 0.6) is 0 Å². The Bertz CT molecular complexity index is 1110. The smallest absolute Gasteiger partial charge is 0.243 e. The van der Waals surface area contributed by atoms with E-state index in [1.807, 2.05) is 58.0 Å². The van der Waals surface area contributed by atoms with Crippen molar-refractivity contribution >= 4 is 38.9 Å². The number of rotatable bonds is 9. The van der Waals surface area contributed by atoms with Crippen molar-refractivity contribution in [2.75, 3.05) is 24.3 Å². The Balaban J connectivity index is 1.99. The molecule has 0 bridgehead atoms. The van der Waals surface area contributed by atoms with Crippen LogP contribution in [0.25, 0.3) is 0 Å². The molecule has 3 rings (SSSR count). The molecule has 2 aromatic rings. The van der Waals surface area contributed by atoms with Gasteiger partial charge in [-0.05, 0) is 67.6 Å². The SMILES string of the molecule is CC(C)[C@@H](C)N(Cc1cc(NC(=O)C2CCCC2)ccc1N(C)C)S(=O)(=O)c1cccc(Cl)c1. The fourth-order valence-corrected chi connectivity index (χ4v) is 6.41. The molecule has 0 saturated heterocycles. The molecule has 1 aliphatic carbocycles. The first kappa shape index (κ1) is 26.5. The van der Waals surface area contributed by atoms with E-state index in [-0.39, 0.29) is 35.2 Å². The molecule has 8 heteroatoms. The van der Waals surface area contributed by atoms with E-state index in [1.54, 1.807) is 18.2 Å².